The molecule has 3 heteroatoms. The normalized spacial score (nSPS) is 17.7. The first-order chi connectivity index (χ1) is 8.81. The van der Waals surface area contributed by atoms with Gasteiger partial charge in [0, 0.05) is 0 Å². The molecule has 0 aliphatic carbocycles. The smallest absolute Gasteiger partial charge is 0.145 e. The molecule has 1 fully saturated rings. The Hall–Kier alpha value is -1.35. The van der Waals surface area contributed by atoms with Crippen LogP contribution in [0.25, 0.3) is 0 Å². The molecular weight excluding hydrogens is 240 g/mol. The average molecular weight is 262 g/mol. The monoisotopic (exact) mass is 262 g/mol. The third-order valence-electron chi connectivity index (χ3n) is 3.93. The highest BCUT2D eigenvalue weighted by Gasteiger charge is 2.45. The van der Waals surface area contributed by atoms with Crippen molar-refractivity contribution >= 4 is 5.78 Å². The Morgan fingerprint density at radius 1 is 1.32 bits per heavy atom. The lowest BCUT2D eigenvalue weighted by atomic mass is 9.73. The topological polar surface area (TPSA) is 35.5 Å². The summed E-state index contributed by atoms with van der Waals surface area (Å²) in [5, 5.41) is 0. The van der Waals surface area contributed by atoms with Crippen LogP contribution < -0.4 is 4.74 Å². The standard InChI is InChI=1S/C16H22O3/c1-11(17)16(9-19-10-16)12-6-7-14(18-5)13(8-12)15(2,3)4/h6-8H,9-10H2,1-5H3. The fraction of sp³-hybridized carbons (Fsp3) is 0.562. The summed E-state index contributed by atoms with van der Waals surface area (Å²) in [5.74, 6) is 1.04. The quantitative estimate of drug-likeness (QED) is 0.840. The molecule has 0 radical (unpaired) electrons. The Bertz CT molecular complexity index is 493. The highest BCUT2D eigenvalue weighted by Crippen LogP contribution is 2.39. The molecule has 104 valence electrons. The van der Waals surface area contributed by atoms with Crippen LogP contribution in [-0.4, -0.2) is 26.1 Å². The van der Waals surface area contributed by atoms with E-state index in [-0.39, 0.29) is 11.2 Å². The molecule has 3 nitrogen and oxygen atoms in total. The van der Waals surface area contributed by atoms with Crippen LogP contribution >= 0.6 is 0 Å². The molecular formula is C16H22O3. The van der Waals surface area contributed by atoms with Crippen LogP contribution in [0.4, 0.5) is 0 Å². The summed E-state index contributed by atoms with van der Waals surface area (Å²) in [6.45, 7) is 9.05. The second kappa shape index (κ2) is 4.64. The molecule has 2 rings (SSSR count). The minimum Gasteiger partial charge on any atom is -0.496 e. The lowest BCUT2D eigenvalue weighted by molar-refractivity contribution is -0.140. The van der Waals surface area contributed by atoms with E-state index in [1.807, 2.05) is 12.1 Å². The number of ketones is 1. The molecule has 1 aliphatic rings. The summed E-state index contributed by atoms with van der Waals surface area (Å²) in [7, 11) is 1.68. The van der Waals surface area contributed by atoms with E-state index in [9.17, 15) is 4.79 Å². The lowest BCUT2D eigenvalue weighted by Gasteiger charge is -2.40. The van der Waals surface area contributed by atoms with Gasteiger partial charge in [-0.05, 0) is 29.5 Å². The van der Waals surface area contributed by atoms with Crippen LogP contribution in [0.5, 0.6) is 5.75 Å². The van der Waals surface area contributed by atoms with E-state index in [0.717, 1.165) is 16.9 Å². The van der Waals surface area contributed by atoms with Gasteiger partial charge in [-0.25, -0.2) is 0 Å². The molecule has 0 unspecified atom stereocenters. The molecule has 0 N–H and O–H groups in total. The lowest BCUT2D eigenvalue weighted by Crippen LogP contribution is -2.52. The van der Waals surface area contributed by atoms with E-state index >= 15 is 0 Å². The molecule has 19 heavy (non-hydrogen) atoms. The van der Waals surface area contributed by atoms with Crippen molar-refractivity contribution in [2.24, 2.45) is 0 Å². The maximum Gasteiger partial charge on any atom is 0.145 e. The average Bonchev–Trinajstić information content (AvgIpc) is 2.25. The van der Waals surface area contributed by atoms with Gasteiger partial charge in [0.15, 0.2) is 0 Å². The fourth-order valence-electron chi connectivity index (χ4n) is 2.47. The Morgan fingerprint density at radius 3 is 2.32 bits per heavy atom. The predicted octanol–water partition coefficient (Wildman–Crippen LogP) is 2.85. The van der Waals surface area contributed by atoms with Crippen LogP contribution in [0.1, 0.15) is 38.8 Å². The maximum absolute atomic E-state index is 12.0. The van der Waals surface area contributed by atoms with Crippen molar-refractivity contribution in [1.82, 2.24) is 0 Å². The van der Waals surface area contributed by atoms with Crippen molar-refractivity contribution in [3.8, 4) is 5.75 Å². The first-order valence-electron chi connectivity index (χ1n) is 6.59. The number of hydrogen-bond donors (Lipinski definition) is 0. The van der Waals surface area contributed by atoms with Gasteiger partial charge in [0.1, 0.15) is 16.9 Å². The minimum atomic E-state index is -0.452. The van der Waals surface area contributed by atoms with E-state index in [0.29, 0.717) is 13.2 Å². The highest BCUT2D eigenvalue weighted by atomic mass is 16.5. The van der Waals surface area contributed by atoms with Crippen molar-refractivity contribution in [2.75, 3.05) is 20.3 Å². The van der Waals surface area contributed by atoms with Gasteiger partial charge >= 0.3 is 0 Å². The number of benzene rings is 1. The van der Waals surface area contributed by atoms with E-state index in [1.165, 1.54) is 0 Å². The molecule has 0 saturated carbocycles. The molecule has 0 aromatic heterocycles. The number of carbonyl (C=O) groups is 1. The van der Waals surface area contributed by atoms with Crippen molar-refractivity contribution in [1.29, 1.82) is 0 Å². The number of ether oxygens (including phenoxy) is 2. The third kappa shape index (κ3) is 2.27. The Morgan fingerprint density at radius 2 is 1.95 bits per heavy atom. The number of rotatable bonds is 3. The number of methoxy groups -OCH3 is 1. The summed E-state index contributed by atoms with van der Waals surface area (Å²) >= 11 is 0. The van der Waals surface area contributed by atoms with Gasteiger partial charge in [-0.3, -0.25) is 4.79 Å². The van der Waals surface area contributed by atoms with Gasteiger partial charge in [-0.2, -0.15) is 0 Å². The summed E-state index contributed by atoms with van der Waals surface area (Å²) in [6.07, 6.45) is 0. The van der Waals surface area contributed by atoms with E-state index < -0.39 is 5.41 Å². The van der Waals surface area contributed by atoms with E-state index in [4.69, 9.17) is 9.47 Å². The molecule has 0 atom stereocenters. The Balaban J connectivity index is 2.52. The highest BCUT2D eigenvalue weighted by molar-refractivity contribution is 5.89. The van der Waals surface area contributed by atoms with E-state index in [1.54, 1.807) is 14.0 Å². The summed E-state index contributed by atoms with van der Waals surface area (Å²) in [5.41, 5.74) is 1.69. The van der Waals surface area contributed by atoms with Gasteiger partial charge < -0.3 is 9.47 Å². The van der Waals surface area contributed by atoms with E-state index in [2.05, 4.69) is 26.8 Å². The number of carbonyl (C=O) groups excluding carboxylic acids is 1. The van der Waals surface area contributed by atoms with Crippen LogP contribution in [-0.2, 0) is 20.4 Å². The molecule has 1 saturated heterocycles. The van der Waals surface area contributed by atoms with Crippen LogP contribution in [0, 0.1) is 0 Å². The van der Waals surface area contributed by atoms with Gasteiger partial charge in [-0.1, -0.05) is 32.9 Å². The van der Waals surface area contributed by atoms with Crippen molar-refractivity contribution in [3.05, 3.63) is 29.3 Å². The first-order valence-corrected chi connectivity index (χ1v) is 6.59. The largest absolute Gasteiger partial charge is 0.496 e. The van der Waals surface area contributed by atoms with Gasteiger partial charge in [-0.15, -0.1) is 0 Å². The van der Waals surface area contributed by atoms with Crippen molar-refractivity contribution < 1.29 is 14.3 Å². The van der Waals surface area contributed by atoms with Crippen LogP contribution in [0.3, 0.4) is 0 Å². The van der Waals surface area contributed by atoms with Crippen molar-refractivity contribution in [3.63, 3.8) is 0 Å². The first kappa shape index (κ1) is 14.1. The second-order valence-corrected chi connectivity index (χ2v) is 6.30. The Labute approximate surface area is 114 Å². The number of hydrogen-bond acceptors (Lipinski definition) is 3. The fourth-order valence-corrected chi connectivity index (χ4v) is 2.47. The molecule has 0 spiro atoms. The molecule has 1 heterocycles. The van der Waals surface area contributed by atoms with Crippen LogP contribution in [0.15, 0.2) is 18.2 Å². The minimum absolute atomic E-state index is 0.0239. The summed E-state index contributed by atoms with van der Waals surface area (Å²) in [6, 6.07) is 6.04. The van der Waals surface area contributed by atoms with Gasteiger partial charge in [0.25, 0.3) is 0 Å². The van der Waals surface area contributed by atoms with Crippen molar-refractivity contribution in [2.45, 2.75) is 38.5 Å². The molecule has 0 amide bonds. The zero-order chi connectivity index (χ0) is 14.3. The zero-order valence-corrected chi connectivity index (χ0v) is 12.4. The summed E-state index contributed by atoms with van der Waals surface area (Å²) < 4.78 is 10.7. The third-order valence-corrected chi connectivity index (χ3v) is 3.93. The molecule has 0 bridgehead atoms. The predicted molar refractivity (Wildman–Crippen MR) is 74.9 cm³/mol. The summed E-state index contributed by atoms with van der Waals surface area (Å²) in [4.78, 5) is 12.0. The van der Waals surface area contributed by atoms with Gasteiger partial charge in [0.05, 0.1) is 20.3 Å². The SMILES string of the molecule is COc1ccc(C2(C(C)=O)COC2)cc1C(C)(C)C. The molecule has 1 aromatic carbocycles. The molecule has 1 aromatic rings. The maximum atomic E-state index is 12.0. The zero-order valence-electron chi connectivity index (χ0n) is 12.4. The Kier molecular flexibility index (Phi) is 3.43. The van der Waals surface area contributed by atoms with Crippen LogP contribution in [0.2, 0.25) is 0 Å². The molecule has 1 aliphatic heterocycles. The number of Topliss-reactive ketones (excluding diaryl/α,β-unsaturated/α-hetero) is 1. The van der Waals surface area contributed by atoms with Gasteiger partial charge in [0.2, 0.25) is 0 Å². The second-order valence-electron chi connectivity index (χ2n) is 6.30.